The first-order valence-corrected chi connectivity index (χ1v) is 8.53. The summed E-state index contributed by atoms with van der Waals surface area (Å²) < 4.78 is 0. The summed E-state index contributed by atoms with van der Waals surface area (Å²) in [5.41, 5.74) is 3.73. The van der Waals surface area contributed by atoms with Crippen LogP contribution in [0.15, 0.2) is 24.3 Å². The molecule has 0 fully saturated rings. The number of aromatic nitrogens is 2. The first-order chi connectivity index (χ1) is 11.6. The number of amides is 2. The van der Waals surface area contributed by atoms with E-state index in [2.05, 4.69) is 15.5 Å². The molecule has 0 radical (unpaired) electrons. The number of aryl methyl sites for hydroxylation is 1. The van der Waals surface area contributed by atoms with Crippen LogP contribution in [0.25, 0.3) is 10.6 Å². The number of hydroxylamine groups is 1. The van der Waals surface area contributed by atoms with Gasteiger partial charge < -0.3 is 5.32 Å². The molecule has 3 N–H and O–H groups in total. The SMILES string of the molecule is Cc1ccc(-c2nnc(NC(=O)CCCCCC(=O)NO)s2)cc1. The summed E-state index contributed by atoms with van der Waals surface area (Å²) in [6.45, 7) is 2.02. The van der Waals surface area contributed by atoms with Crippen molar-refractivity contribution in [3.05, 3.63) is 29.8 Å². The van der Waals surface area contributed by atoms with Gasteiger partial charge in [-0.2, -0.15) is 0 Å². The molecular formula is C16H20N4O3S. The van der Waals surface area contributed by atoms with Crippen LogP contribution in [0.4, 0.5) is 5.13 Å². The summed E-state index contributed by atoms with van der Waals surface area (Å²) >= 11 is 1.34. The molecule has 0 aliphatic rings. The predicted molar refractivity (Wildman–Crippen MR) is 91.7 cm³/mol. The summed E-state index contributed by atoms with van der Waals surface area (Å²) in [5.74, 6) is -0.523. The standard InChI is InChI=1S/C16H20N4O3S/c1-11-7-9-12(10-8-11)15-18-19-16(24-15)17-13(21)5-3-2-4-6-14(22)20-23/h7-10,23H,2-6H2,1H3,(H,20,22)(H,17,19,21). The Morgan fingerprint density at radius 1 is 1.04 bits per heavy atom. The predicted octanol–water partition coefficient (Wildman–Crippen LogP) is 2.91. The van der Waals surface area contributed by atoms with Crippen molar-refractivity contribution in [3.63, 3.8) is 0 Å². The van der Waals surface area contributed by atoms with Gasteiger partial charge >= 0.3 is 0 Å². The van der Waals surface area contributed by atoms with Crippen LogP contribution in [0.3, 0.4) is 0 Å². The monoisotopic (exact) mass is 348 g/mol. The molecule has 0 bridgehead atoms. The summed E-state index contributed by atoms with van der Waals surface area (Å²) in [4.78, 5) is 22.7. The summed E-state index contributed by atoms with van der Waals surface area (Å²) in [5, 5.41) is 20.4. The van der Waals surface area contributed by atoms with Gasteiger partial charge in [0.1, 0.15) is 5.01 Å². The number of carbonyl (C=O) groups excluding carboxylic acids is 2. The van der Waals surface area contributed by atoms with E-state index in [9.17, 15) is 9.59 Å². The number of hydrogen-bond donors (Lipinski definition) is 3. The highest BCUT2D eigenvalue weighted by Gasteiger charge is 2.09. The maximum absolute atomic E-state index is 11.9. The second-order valence-corrected chi connectivity index (χ2v) is 6.40. The molecule has 0 unspecified atom stereocenters. The van der Waals surface area contributed by atoms with Crippen molar-refractivity contribution < 1.29 is 14.8 Å². The molecule has 0 atom stereocenters. The number of anilines is 1. The highest BCUT2D eigenvalue weighted by molar-refractivity contribution is 7.18. The van der Waals surface area contributed by atoms with Crippen LogP contribution in [0, 0.1) is 6.92 Å². The molecule has 0 spiro atoms. The molecule has 128 valence electrons. The third-order valence-electron chi connectivity index (χ3n) is 3.40. The van der Waals surface area contributed by atoms with Gasteiger partial charge in [-0.25, -0.2) is 5.48 Å². The lowest BCUT2D eigenvalue weighted by Crippen LogP contribution is -2.17. The molecule has 2 rings (SSSR count). The van der Waals surface area contributed by atoms with E-state index in [1.165, 1.54) is 16.9 Å². The first kappa shape index (κ1) is 18.0. The van der Waals surface area contributed by atoms with Gasteiger partial charge in [-0.05, 0) is 19.8 Å². The van der Waals surface area contributed by atoms with Gasteiger partial charge in [0.25, 0.3) is 0 Å². The maximum Gasteiger partial charge on any atom is 0.243 e. The summed E-state index contributed by atoms with van der Waals surface area (Å²) in [7, 11) is 0. The smallest absolute Gasteiger partial charge is 0.243 e. The van der Waals surface area contributed by atoms with E-state index in [1.54, 1.807) is 5.48 Å². The van der Waals surface area contributed by atoms with Crippen molar-refractivity contribution >= 4 is 28.3 Å². The molecule has 8 heteroatoms. The van der Waals surface area contributed by atoms with E-state index in [1.807, 2.05) is 31.2 Å². The van der Waals surface area contributed by atoms with E-state index >= 15 is 0 Å². The highest BCUT2D eigenvalue weighted by atomic mass is 32.1. The zero-order chi connectivity index (χ0) is 17.4. The Morgan fingerprint density at radius 2 is 1.71 bits per heavy atom. The van der Waals surface area contributed by atoms with Gasteiger partial charge in [0.15, 0.2) is 0 Å². The first-order valence-electron chi connectivity index (χ1n) is 7.72. The maximum atomic E-state index is 11.9. The Bertz CT molecular complexity index is 685. The minimum Gasteiger partial charge on any atom is -0.301 e. The zero-order valence-corrected chi connectivity index (χ0v) is 14.2. The number of benzene rings is 1. The van der Waals surface area contributed by atoms with Crippen molar-refractivity contribution in [2.75, 3.05) is 5.32 Å². The van der Waals surface area contributed by atoms with Crippen molar-refractivity contribution in [3.8, 4) is 10.6 Å². The molecule has 0 saturated heterocycles. The average molecular weight is 348 g/mol. The summed E-state index contributed by atoms with van der Waals surface area (Å²) in [6, 6.07) is 7.96. The average Bonchev–Trinajstić information content (AvgIpc) is 3.03. The number of rotatable bonds is 8. The fraction of sp³-hybridized carbons (Fsp3) is 0.375. The van der Waals surface area contributed by atoms with Crippen LogP contribution in [0.5, 0.6) is 0 Å². The topological polar surface area (TPSA) is 104 Å². The normalized spacial score (nSPS) is 10.4. The Morgan fingerprint density at radius 3 is 2.38 bits per heavy atom. The molecule has 2 aromatic rings. The van der Waals surface area contributed by atoms with Gasteiger partial charge in [0, 0.05) is 18.4 Å². The van der Waals surface area contributed by atoms with Crippen molar-refractivity contribution in [2.45, 2.75) is 39.0 Å². The van der Waals surface area contributed by atoms with Crippen LogP contribution >= 0.6 is 11.3 Å². The lowest BCUT2D eigenvalue weighted by atomic mass is 10.1. The van der Waals surface area contributed by atoms with E-state index in [4.69, 9.17) is 5.21 Å². The largest absolute Gasteiger partial charge is 0.301 e. The van der Waals surface area contributed by atoms with E-state index in [-0.39, 0.29) is 12.3 Å². The minimum atomic E-state index is -0.406. The van der Waals surface area contributed by atoms with E-state index in [0.29, 0.717) is 24.4 Å². The third kappa shape index (κ3) is 5.71. The highest BCUT2D eigenvalue weighted by Crippen LogP contribution is 2.26. The Hall–Kier alpha value is -2.32. The molecule has 24 heavy (non-hydrogen) atoms. The Labute approximate surface area is 144 Å². The van der Waals surface area contributed by atoms with Crippen LogP contribution in [0.2, 0.25) is 0 Å². The van der Waals surface area contributed by atoms with Crippen LogP contribution in [-0.2, 0) is 9.59 Å². The van der Waals surface area contributed by atoms with Crippen LogP contribution < -0.4 is 10.8 Å². The lowest BCUT2D eigenvalue weighted by molar-refractivity contribution is -0.129. The summed E-state index contributed by atoms with van der Waals surface area (Å²) in [6.07, 6.45) is 2.67. The second-order valence-electron chi connectivity index (χ2n) is 5.42. The van der Waals surface area contributed by atoms with Crippen molar-refractivity contribution in [2.24, 2.45) is 0 Å². The Balaban J connectivity index is 1.74. The minimum absolute atomic E-state index is 0.117. The van der Waals surface area contributed by atoms with E-state index in [0.717, 1.165) is 17.0 Å². The third-order valence-corrected chi connectivity index (χ3v) is 4.29. The fourth-order valence-electron chi connectivity index (χ4n) is 2.07. The van der Waals surface area contributed by atoms with E-state index < -0.39 is 5.91 Å². The number of hydrogen-bond acceptors (Lipinski definition) is 6. The molecule has 7 nitrogen and oxygen atoms in total. The van der Waals surface area contributed by atoms with Gasteiger partial charge in [-0.15, -0.1) is 10.2 Å². The molecule has 0 aliphatic carbocycles. The number of unbranched alkanes of at least 4 members (excludes halogenated alkanes) is 2. The molecule has 1 aromatic heterocycles. The number of nitrogens with one attached hydrogen (secondary N) is 2. The Kier molecular flexibility index (Phi) is 6.83. The van der Waals surface area contributed by atoms with Gasteiger partial charge in [0.05, 0.1) is 0 Å². The lowest BCUT2D eigenvalue weighted by Gasteiger charge is -2.01. The zero-order valence-electron chi connectivity index (χ0n) is 13.4. The number of nitrogens with zero attached hydrogens (tertiary/aromatic N) is 2. The molecule has 1 aromatic carbocycles. The molecule has 0 aliphatic heterocycles. The van der Waals surface area contributed by atoms with Gasteiger partial charge in [-0.1, -0.05) is 47.6 Å². The van der Waals surface area contributed by atoms with Crippen LogP contribution in [-0.4, -0.2) is 27.2 Å². The second kappa shape index (κ2) is 9.09. The fourth-order valence-corrected chi connectivity index (χ4v) is 2.84. The molecular weight excluding hydrogens is 328 g/mol. The van der Waals surface area contributed by atoms with Crippen molar-refractivity contribution in [1.82, 2.24) is 15.7 Å². The molecule has 0 saturated carbocycles. The van der Waals surface area contributed by atoms with Gasteiger partial charge in [0.2, 0.25) is 16.9 Å². The van der Waals surface area contributed by atoms with Crippen LogP contribution in [0.1, 0.15) is 37.7 Å². The number of carbonyl (C=O) groups is 2. The van der Waals surface area contributed by atoms with Gasteiger partial charge in [-0.3, -0.25) is 14.8 Å². The molecule has 2 amide bonds. The quantitative estimate of drug-likeness (QED) is 0.386. The molecule has 1 heterocycles. The van der Waals surface area contributed by atoms with Crippen molar-refractivity contribution in [1.29, 1.82) is 0 Å².